The fraction of sp³-hybridized carbons (Fsp3) is 0.455. The van der Waals surface area contributed by atoms with E-state index < -0.39 is 16.1 Å². The molecule has 0 aliphatic carbocycles. The summed E-state index contributed by atoms with van der Waals surface area (Å²) in [6.45, 7) is 4.83. The largest absolute Gasteiger partial charge is 0.345 e. The normalized spacial score (nSPS) is 20.5. The number of hydrogen-bond acceptors (Lipinski definition) is 7. The van der Waals surface area contributed by atoms with Crippen LogP contribution in [0.2, 0.25) is 5.02 Å². The lowest BCUT2D eigenvalue weighted by Crippen LogP contribution is -2.57. The Kier molecular flexibility index (Phi) is 6.39. The van der Waals surface area contributed by atoms with E-state index in [9.17, 15) is 13.2 Å². The molecule has 7 nitrogen and oxygen atoms in total. The first-order valence-corrected chi connectivity index (χ1v) is 14.5. The number of amides is 1. The van der Waals surface area contributed by atoms with Crippen LogP contribution in [0.5, 0.6) is 0 Å². The molecule has 1 atom stereocenters. The van der Waals surface area contributed by atoms with Crippen molar-refractivity contribution in [1.82, 2.24) is 14.2 Å². The van der Waals surface area contributed by atoms with Crippen LogP contribution in [0.3, 0.4) is 0 Å². The lowest BCUT2D eigenvalue weighted by atomic mass is 10.0. The molecule has 1 aromatic carbocycles. The summed E-state index contributed by atoms with van der Waals surface area (Å²) in [5.41, 5.74) is 2.02. The zero-order valence-electron chi connectivity index (χ0n) is 18.2. The molecule has 5 rings (SSSR count). The van der Waals surface area contributed by atoms with Gasteiger partial charge in [0.25, 0.3) is 10.0 Å². The highest BCUT2D eigenvalue weighted by molar-refractivity contribution is 7.91. The molecule has 2 aliphatic rings. The molecule has 1 amide bonds. The maximum absolute atomic E-state index is 13.4. The SMILES string of the molecule is Cc1ccc(Cl)c2sc(N3CCN(C(=O)C4CCCCN4S(=O)(=O)c4cccs4)CC3)nc12. The number of thiophene rings is 1. The summed E-state index contributed by atoms with van der Waals surface area (Å²) in [4.78, 5) is 22.2. The summed E-state index contributed by atoms with van der Waals surface area (Å²) >= 11 is 9.14. The molecule has 2 fully saturated rings. The number of piperazine rings is 1. The highest BCUT2D eigenvalue weighted by Gasteiger charge is 2.40. The molecule has 11 heteroatoms. The number of halogens is 1. The molecule has 2 aromatic heterocycles. The van der Waals surface area contributed by atoms with Crippen molar-refractivity contribution in [3.05, 3.63) is 40.2 Å². The molecule has 0 saturated carbocycles. The van der Waals surface area contributed by atoms with E-state index in [4.69, 9.17) is 16.6 Å². The highest BCUT2D eigenvalue weighted by atomic mass is 35.5. The first-order valence-electron chi connectivity index (χ1n) is 11.0. The molecule has 2 saturated heterocycles. The molecule has 0 spiro atoms. The molecule has 0 N–H and O–H groups in total. The van der Waals surface area contributed by atoms with Gasteiger partial charge in [0.1, 0.15) is 10.3 Å². The number of aryl methyl sites for hydroxylation is 1. The van der Waals surface area contributed by atoms with Crippen LogP contribution in [0.4, 0.5) is 5.13 Å². The topological polar surface area (TPSA) is 73.8 Å². The van der Waals surface area contributed by atoms with Gasteiger partial charge < -0.3 is 9.80 Å². The van der Waals surface area contributed by atoms with Gasteiger partial charge in [0.15, 0.2) is 5.13 Å². The molecule has 1 unspecified atom stereocenters. The average Bonchev–Trinajstić information content (AvgIpc) is 3.53. The minimum Gasteiger partial charge on any atom is -0.345 e. The molecule has 3 aromatic rings. The number of hydrogen-bond donors (Lipinski definition) is 0. The number of aromatic nitrogens is 1. The van der Waals surface area contributed by atoms with Gasteiger partial charge in [-0.05, 0) is 42.8 Å². The van der Waals surface area contributed by atoms with E-state index in [0.717, 1.165) is 33.8 Å². The maximum Gasteiger partial charge on any atom is 0.253 e. The average molecular weight is 525 g/mol. The smallest absolute Gasteiger partial charge is 0.253 e. The third-order valence-electron chi connectivity index (χ3n) is 6.34. The van der Waals surface area contributed by atoms with Crippen LogP contribution in [-0.2, 0) is 14.8 Å². The fourth-order valence-electron chi connectivity index (χ4n) is 4.52. The van der Waals surface area contributed by atoms with Crippen molar-refractivity contribution in [2.45, 2.75) is 36.4 Å². The third-order valence-corrected chi connectivity index (χ3v) is 11.2. The second-order valence-corrected chi connectivity index (χ2v) is 12.9. The maximum atomic E-state index is 13.4. The van der Waals surface area contributed by atoms with Crippen LogP contribution >= 0.6 is 34.3 Å². The number of carbonyl (C=O) groups is 1. The van der Waals surface area contributed by atoms with Crippen molar-refractivity contribution in [3.63, 3.8) is 0 Å². The number of thiazole rings is 1. The minimum absolute atomic E-state index is 0.0855. The van der Waals surface area contributed by atoms with E-state index in [-0.39, 0.29) is 5.91 Å². The second kappa shape index (κ2) is 9.14. The van der Waals surface area contributed by atoms with Gasteiger partial charge in [-0.2, -0.15) is 4.31 Å². The van der Waals surface area contributed by atoms with Gasteiger partial charge in [-0.25, -0.2) is 13.4 Å². The standard InChI is InChI=1S/C22H25ClN4O3S3/c1-15-7-8-16(23)20-19(15)24-22(32-20)26-12-10-25(11-13-26)21(28)17-5-2-3-9-27(17)33(29,30)18-6-4-14-31-18/h4,6-8,14,17H,2-3,5,9-13H2,1H3. The molecular formula is C22H25ClN4O3S3. The Hall–Kier alpha value is -1.72. The Morgan fingerprint density at radius 2 is 1.91 bits per heavy atom. The summed E-state index contributed by atoms with van der Waals surface area (Å²) in [5.74, 6) is -0.0855. The van der Waals surface area contributed by atoms with E-state index in [1.54, 1.807) is 28.8 Å². The number of rotatable bonds is 4. The first-order chi connectivity index (χ1) is 15.9. The predicted octanol–water partition coefficient (Wildman–Crippen LogP) is 4.21. The van der Waals surface area contributed by atoms with Gasteiger partial charge in [0.05, 0.1) is 15.2 Å². The molecule has 0 radical (unpaired) electrons. The van der Waals surface area contributed by atoms with Crippen LogP contribution in [0, 0.1) is 6.92 Å². The summed E-state index contributed by atoms with van der Waals surface area (Å²) in [5, 5.41) is 3.37. The Morgan fingerprint density at radius 1 is 1.12 bits per heavy atom. The molecular weight excluding hydrogens is 500 g/mol. The molecule has 176 valence electrons. The van der Waals surface area contributed by atoms with Crippen LogP contribution < -0.4 is 4.90 Å². The monoisotopic (exact) mass is 524 g/mol. The van der Waals surface area contributed by atoms with Crippen molar-refractivity contribution < 1.29 is 13.2 Å². The number of carbonyl (C=O) groups excluding carboxylic acids is 1. The highest BCUT2D eigenvalue weighted by Crippen LogP contribution is 2.36. The predicted molar refractivity (Wildman–Crippen MR) is 134 cm³/mol. The lowest BCUT2D eigenvalue weighted by Gasteiger charge is -2.40. The van der Waals surface area contributed by atoms with Gasteiger partial charge in [-0.3, -0.25) is 4.79 Å². The Morgan fingerprint density at radius 3 is 2.61 bits per heavy atom. The quantitative estimate of drug-likeness (QED) is 0.511. The van der Waals surface area contributed by atoms with Crippen molar-refractivity contribution in [2.24, 2.45) is 0 Å². The number of sulfonamides is 1. The summed E-state index contributed by atoms with van der Waals surface area (Å²) in [6, 6.07) is 6.60. The zero-order valence-corrected chi connectivity index (χ0v) is 21.4. The van der Waals surface area contributed by atoms with Crippen molar-refractivity contribution in [3.8, 4) is 0 Å². The van der Waals surface area contributed by atoms with E-state index in [1.807, 2.05) is 24.0 Å². The number of benzene rings is 1. The zero-order chi connectivity index (χ0) is 23.2. The Labute approximate surface area is 206 Å². The Balaban J connectivity index is 1.30. The van der Waals surface area contributed by atoms with Crippen LogP contribution in [0.15, 0.2) is 33.9 Å². The van der Waals surface area contributed by atoms with Gasteiger partial charge in [-0.1, -0.05) is 41.5 Å². The van der Waals surface area contributed by atoms with Crippen molar-refractivity contribution in [1.29, 1.82) is 0 Å². The molecule has 33 heavy (non-hydrogen) atoms. The van der Waals surface area contributed by atoms with Crippen LogP contribution in [-0.4, -0.2) is 67.3 Å². The van der Waals surface area contributed by atoms with Crippen molar-refractivity contribution in [2.75, 3.05) is 37.6 Å². The van der Waals surface area contributed by atoms with E-state index >= 15 is 0 Å². The van der Waals surface area contributed by atoms with E-state index in [1.165, 1.54) is 15.6 Å². The summed E-state index contributed by atoms with van der Waals surface area (Å²) in [7, 11) is -3.66. The number of nitrogens with zero attached hydrogens (tertiary/aromatic N) is 4. The Bertz CT molecular complexity index is 1230. The first kappa shape index (κ1) is 23.0. The van der Waals surface area contributed by atoms with Crippen molar-refractivity contribution >= 4 is 65.6 Å². The van der Waals surface area contributed by atoms with Crippen LogP contribution in [0.25, 0.3) is 10.2 Å². The number of piperidine rings is 1. The number of anilines is 1. The fourth-order valence-corrected chi connectivity index (χ4v) is 8.66. The molecule has 0 bridgehead atoms. The molecule has 4 heterocycles. The van der Waals surface area contributed by atoms with Gasteiger partial charge in [-0.15, -0.1) is 11.3 Å². The van der Waals surface area contributed by atoms with Gasteiger partial charge in [0, 0.05) is 32.7 Å². The third kappa shape index (κ3) is 4.27. The van der Waals surface area contributed by atoms with Gasteiger partial charge in [0.2, 0.25) is 5.91 Å². The molecule has 2 aliphatic heterocycles. The van der Waals surface area contributed by atoms with E-state index in [2.05, 4.69) is 4.90 Å². The van der Waals surface area contributed by atoms with Gasteiger partial charge >= 0.3 is 0 Å². The summed E-state index contributed by atoms with van der Waals surface area (Å²) in [6.07, 6.45) is 2.21. The minimum atomic E-state index is -3.66. The summed E-state index contributed by atoms with van der Waals surface area (Å²) < 4.78 is 29.0. The number of fused-ring (bicyclic) bond motifs is 1. The second-order valence-electron chi connectivity index (χ2n) is 8.41. The van der Waals surface area contributed by atoms with E-state index in [0.29, 0.717) is 48.4 Å². The lowest BCUT2D eigenvalue weighted by molar-refractivity contribution is -0.136. The van der Waals surface area contributed by atoms with Crippen LogP contribution in [0.1, 0.15) is 24.8 Å².